The molecule has 1 aromatic carbocycles. The monoisotopic (exact) mass is 214 g/mol. The Morgan fingerprint density at radius 2 is 2.00 bits per heavy atom. The number of aliphatic hydroxyl groups excluding tert-OH is 1. The van der Waals surface area contributed by atoms with Crippen molar-refractivity contribution in [2.24, 2.45) is 5.84 Å². The Labute approximate surface area is 89.1 Å². The highest BCUT2D eigenvalue weighted by atomic mass is 35.5. The van der Waals surface area contributed by atoms with Gasteiger partial charge in [0.1, 0.15) is 0 Å². The lowest BCUT2D eigenvalue weighted by Crippen LogP contribution is -2.32. The summed E-state index contributed by atoms with van der Waals surface area (Å²) in [6, 6.07) is 7.45. The topological polar surface area (TPSA) is 49.5 Å². The summed E-state index contributed by atoms with van der Waals surface area (Å²) >= 11 is 5.77. The van der Waals surface area contributed by atoms with Crippen molar-refractivity contribution < 1.29 is 5.11 Å². The second kappa shape index (κ2) is 5.32. The predicted molar refractivity (Wildman–Crippen MR) is 58.1 cm³/mol. The van der Waals surface area contributed by atoms with Crippen LogP contribution < -0.4 is 5.84 Å². The fourth-order valence-corrected chi connectivity index (χ4v) is 1.48. The smallest absolute Gasteiger partial charge is 0.0512 e. The van der Waals surface area contributed by atoms with Crippen LogP contribution in [0.15, 0.2) is 24.3 Å². The molecule has 0 fully saturated rings. The number of nitrogens with zero attached hydrogens (tertiary/aromatic N) is 1. The first-order chi connectivity index (χ1) is 6.63. The van der Waals surface area contributed by atoms with Crippen LogP contribution >= 0.6 is 11.6 Å². The quantitative estimate of drug-likeness (QED) is 0.586. The standard InChI is InChI=1S/C10H15ClN2O/c1-13(12)6-9(7-14)8-2-4-10(11)5-3-8/h2-5,9,14H,6-7,12H2,1H3. The van der Waals surface area contributed by atoms with Crippen LogP contribution in [0.5, 0.6) is 0 Å². The molecule has 1 aromatic rings. The normalized spacial score (nSPS) is 13.2. The van der Waals surface area contributed by atoms with Crippen LogP contribution in [0.25, 0.3) is 0 Å². The molecule has 1 unspecified atom stereocenters. The van der Waals surface area contributed by atoms with Gasteiger partial charge in [-0.1, -0.05) is 23.7 Å². The Hall–Kier alpha value is -0.610. The van der Waals surface area contributed by atoms with E-state index in [1.807, 2.05) is 24.3 Å². The number of hydrazine groups is 1. The molecule has 1 rings (SSSR count). The molecule has 0 aliphatic heterocycles. The number of likely N-dealkylation sites (N-methyl/N-ethyl adjacent to an activating group) is 1. The molecule has 3 N–H and O–H groups in total. The summed E-state index contributed by atoms with van der Waals surface area (Å²) in [5.74, 6) is 5.58. The molecule has 0 aromatic heterocycles. The van der Waals surface area contributed by atoms with Crippen molar-refractivity contribution in [2.45, 2.75) is 5.92 Å². The maximum Gasteiger partial charge on any atom is 0.0512 e. The van der Waals surface area contributed by atoms with Crippen molar-refractivity contribution in [2.75, 3.05) is 20.2 Å². The number of benzene rings is 1. The number of halogens is 1. The fraction of sp³-hybridized carbons (Fsp3) is 0.400. The summed E-state index contributed by atoms with van der Waals surface area (Å²) in [4.78, 5) is 0. The summed E-state index contributed by atoms with van der Waals surface area (Å²) in [5.41, 5.74) is 1.05. The van der Waals surface area contributed by atoms with E-state index in [9.17, 15) is 5.11 Å². The third kappa shape index (κ3) is 3.27. The molecular formula is C10H15ClN2O. The molecule has 0 aliphatic rings. The van der Waals surface area contributed by atoms with Crippen LogP contribution in [0.1, 0.15) is 11.5 Å². The average molecular weight is 215 g/mol. The molecule has 14 heavy (non-hydrogen) atoms. The van der Waals surface area contributed by atoms with Gasteiger partial charge in [0.25, 0.3) is 0 Å². The van der Waals surface area contributed by atoms with E-state index in [1.54, 1.807) is 12.1 Å². The van der Waals surface area contributed by atoms with Crippen LogP contribution in [0.2, 0.25) is 5.02 Å². The highest BCUT2D eigenvalue weighted by molar-refractivity contribution is 6.30. The van der Waals surface area contributed by atoms with Gasteiger partial charge >= 0.3 is 0 Å². The van der Waals surface area contributed by atoms with Crippen molar-refractivity contribution in [1.82, 2.24) is 5.01 Å². The molecule has 0 amide bonds. The largest absolute Gasteiger partial charge is 0.396 e. The highest BCUT2D eigenvalue weighted by Gasteiger charge is 2.11. The Morgan fingerprint density at radius 3 is 2.43 bits per heavy atom. The minimum absolute atomic E-state index is 0.0438. The zero-order valence-electron chi connectivity index (χ0n) is 8.15. The van der Waals surface area contributed by atoms with E-state index in [1.165, 1.54) is 0 Å². The van der Waals surface area contributed by atoms with Gasteiger partial charge in [0.05, 0.1) is 6.61 Å². The zero-order valence-corrected chi connectivity index (χ0v) is 8.91. The van der Waals surface area contributed by atoms with E-state index in [-0.39, 0.29) is 12.5 Å². The molecule has 0 heterocycles. The van der Waals surface area contributed by atoms with Gasteiger partial charge in [-0.3, -0.25) is 5.84 Å². The molecule has 0 spiro atoms. The second-order valence-electron chi connectivity index (χ2n) is 3.37. The lowest BCUT2D eigenvalue weighted by Gasteiger charge is -2.18. The molecule has 0 bridgehead atoms. The SMILES string of the molecule is CN(N)CC(CO)c1ccc(Cl)cc1. The number of hydrogen-bond donors (Lipinski definition) is 2. The van der Waals surface area contributed by atoms with Gasteiger partial charge in [-0.2, -0.15) is 0 Å². The van der Waals surface area contributed by atoms with Gasteiger partial charge in [0.15, 0.2) is 0 Å². The second-order valence-corrected chi connectivity index (χ2v) is 3.81. The summed E-state index contributed by atoms with van der Waals surface area (Å²) < 4.78 is 0. The van der Waals surface area contributed by atoms with E-state index in [4.69, 9.17) is 17.4 Å². The zero-order chi connectivity index (χ0) is 10.6. The lowest BCUT2D eigenvalue weighted by atomic mass is 10.0. The maximum atomic E-state index is 9.18. The van der Waals surface area contributed by atoms with E-state index in [0.29, 0.717) is 11.6 Å². The number of aliphatic hydroxyl groups is 1. The summed E-state index contributed by atoms with van der Waals surface area (Å²) in [5, 5.41) is 11.4. The Morgan fingerprint density at radius 1 is 1.43 bits per heavy atom. The molecular weight excluding hydrogens is 200 g/mol. The van der Waals surface area contributed by atoms with Crippen molar-refractivity contribution in [1.29, 1.82) is 0 Å². The fourth-order valence-electron chi connectivity index (χ4n) is 1.35. The number of nitrogens with two attached hydrogens (primary N) is 1. The highest BCUT2D eigenvalue weighted by Crippen LogP contribution is 2.18. The van der Waals surface area contributed by atoms with E-state index in [0.717, 1.165) is 5.56 Å². The number of rotatable bonds is 4. The van der Waals surface area contributed by atoms with Gasteiger partial charge < -0.3 is 5.11 Å². The average Bonchev–Trinajstić information content (AvgIpc) is 2.15. The first-order valence-corrected chi connectivity index (χ1v) is 4.83. The van der Waals surface area contributed by atoms with E-state index < -0.39 is 0 Å². The first-order valence-electron chi connectivity index (χ1n) is 4.45. The summed E-state index contributed by atoms with van der Waals surface area (Å²) in [6.07, 6.45) is 0. The van der Waals surface area contributed by atoms with E-state index in [2.05, 4.69) is 0 Å². The molecule has 0 saturated heterocycles. The van der Waals surface area contributed by atoms with Crippen molar-refractivity contribution in [3.63, 3.8) is 0 Å². The van der Waals surface area contributed by atoms with Gasteiger partial charge in [0.2, 0.25) is 0 Å². The van der Waals surface area contributed by atoms with Crippen molar-refractivity contribution >= 4 is 11.6 Å². The maximum absolute atomic E-state index is 9.18. The third-order valence-electron chi connectivity index (χ3n) is 2.07. The number of hydrogen-bond acceptors (Lipinski definition) is 3. The minimum atomic E-state index is 0.0438. The van der Waals surface area contributed by atoms with Crippen molar-refractivity contribution in [3.8, 4) is 0 Å². The lowest BCUT2D eigenvalue weighted by molar-refractivity contribution is 0.222. The molecule has 78 valence electrons. The minimum Gasteiger partial charge on any atom is -0.396 e. The van der Waals surface area contributed by atoms with Gasteiger partial charge in [-0.15, -0.1) is 0 Å². The first kappa shape index (κ1) is 11.5. The Kier molecular flexibility index (Phi) is 4.35. The molecule has 0 aliphatic carbocycles. The van der Waals surface area contributed by atoms with Crippen LogP contribution in [-0.2, 0) is 0 Å². The predicted octanol–water partition coefficient (Wildman–Crippen LogP) is 1.22. The molecule has 3 nitrogen and oxygen atoms in total. The van der Waals surface area contributed by atoms with E-state index >= 15 is 0 Å². The molecule has 0 saturated carbocycles. The molecule has 4 heteroatoms. The van der Waals surface area contributed by atoms with Crippen molar-refractivity contribution in [3.05, 3.63) is 34.9 Å². The van der Waals surface area contributed by atoms with Crippen LogP contribution in [-0.4, -0.2) is 30.3 Å². The molecule has 1 atom stereocenters. The summed E-state index contributed by atoms with van der Waals surface area (Å²) in [6.45, 7) is 0.710. The van der Waals surface area contributed by atoms with Gasteiger partial charge in [-0.05, 0) is 17.7 Å². The van der Waals surface area contributed by atoms with Gasteiger partial charge in [-0.25, -0.2) is 5.01 Å². The van der Waals surface area contributed by atoms with Crippen LogP contribution in [0, 0.1) is 0 Å². The van der Waals surface area contributed by atoms with Gasteiger partial charge in [0, 0.05) is 24.5 Å². The molecule has 0 radical (unpaired) electrons. The van der Waals surface area contributed by atoms with Crippen LogP contribution in [0.3, 0.4) is 0 Å². The third-order valence-corrected chi connectivity index (χ3v) is 2.32. The Bertz CT molecular complexity index is 274. The summed E-state index contributed by atoms with van der Waals surface area (Å²) in [7, 11) is 1.78. The van der Waals surface area contributed by atoms with Crippen LogP contribution in [0.4, 0.5) is 0 Å². The Balaban J connectivity index is 2.73.